The van der Waals surface area contributed by atoms with Crippen molar-refractivity contribution in [2.75, 3.05) is 40.6 Å². The van der Waals surface area contributed by atoms with E-state index in [0.29, 0.717) is 36.9 Å². The highest BCUT2D eigenvalue weighted by atomic mass is 16.5. The number of ether oxygens (including phenoxy) is 4. The summed E-state index contributed by atoms with van der Waals surface area (Å²) in [6, 6.07) is 2.71. The van der Waals surface area contributed by atoms with Crippen LogP contribution in [0.25, 0.3) is 11.5 Å². The third kappa shape index (κ3) is 6.51. The molecule has 1 N–H and O–H groups in total. The van der Waals surface area contributed by atoms with Gasteiger partial charge in [-0.05, 0) is 67.9 Å². The van der Waals surface area contributed by atoms with Gasteiger partial charge in [-0.1, -0.05) is 23.4 Å². The molecule has 212 valence electrons. The summed E-state index contributed by atoms with van der Waals surface area (Å²) in [5, 5.41) is 14.6. The minimum absolute atomic E-state index is 0.100. The Morgan fingerprint density at radius 3 is 2.52 bits per heavy atom. The van der Waals surface area contributed by atoms with Crippen LogP contribution in [0, 0.1) is 0 Å². The summed E-state index contributed by atoms with van der Waals surface area (Å²) in [7, 11) is 2.93. The zero-order valence-corrected chi connectivity index (χ0v) is 23.1. The minimum Gasteiger partial charge on any atom is -0.502 e. The molecule has 0 aliphatic carbocycles. The van der Waals surface area contributed by atoms with E-state index in [4.69, 9.17) is 33.5 Å². The second-order valence-electron chi connectivity index (χ2n) is 9.97. The van der Waals surface area contributed by atoms with Gasteiger partial charge < -0.3 is 28.6 Å². The van der Waals surface area contributed by atoms with Gasteiger partial charge in [0.1, 0.15) is 11.9 Å². The molecule has 10 nitrogen and oxygen atoms in total. The van der Waals surface area contributed by atoms with Gasteiger partial charge in [0.15, 0.2) is 11.5 Å². The minimum atomic E-state index is -0.536. The van der Waals surface area contributed by atoms with E-state index < -0.39 is 6.04 Å². The van der Waals surface area contributed by atoms with E-state index in [2.05, 4.69) is 28.9 Å². The van der Waals surface area contributed by atoms with E-state index in [-0.39, 0.29) is 23.1 Å². The zero-order chi connectivity index (χ0) is 27.9. The van der Waals surface area contributed by atoms with Crippen molar-refractivity contribution < 1.29 is 28.6 Å². The molecule has 4 heterocycles. The number of nitrogens with zero attached hydrogens (tertiary/aromatic N) is 4. The van der Waals surface area contributed by atoms with Gasteiger partial charge in [-0.3, -0.25) is 4.99 Å². The molecule has 0 spiro atoms. The maximum atomic E-state index is 10.3. The number of hydrogen-bond acceptors (Lipinski definition) is 10. The Kier molecular flexibility index (Phi) is 9.08. The summed E-state index contributed by atoms with van der Waals surface area (Å²) >= 11 is 0. The van der Waals surface area contributed by atoms with Crippen LogP contribution >= 0.6 is 0 Å². The Balaban J connectivity index is 1.50. The van der Waals surface area contributed by atoms with Crippen molar-refractivity contribution in [2.24, 2.45) is 9.98 Å². The number of allylic oxidation sites excluding steroid dienone is 1. The van der Waals surface area contributed by atoms with E-state index in [9.17, 15) is 5.11 Å². The lowest BCUT2D eigenvalue weighted by atomic mass is 9.95. The van der Waals surface area contributed by atoms with Crippen LogP contribution in [0.15, 0.2) is 62.1 Å². The maximum absolute atomic E-state index is 10.3. The molecule has 3 aliphatic rings. The van der Waals surface area contributed by atoms with Crippen LogP contribution in [0.1, 0.15) is 56.8 Å². The summed E-state index contributed by atoms with van der Waals surface area (Å²) < 4.78 is 27.5. The molecule has 0 radical (unpaired) electrons. The fourth-order valence-corrected chi connectivity index (χ4v) is 5.02. The fourth-order valence-electron chi connectivity index (χ4n) is 5.02. The van der Waals surface area contributed by atoms with E-state index >= 15 is 0 Å². The molecule has 2 aromatic rings. The first-order valence-corrected chi connectivity index (χ1v) is 13.7. The van der Waals surface area contributed by atoms with Crippen LogP contribution in [0.3, 0.4) is 0 Å². The predicted octanol–water partition coefficient (Wildman–Crippen LogP) is 5.55. The number of aliphatic imine (C=N–C) groups is 2. The quantitative estimate of drug-likeness (QED) is 0.466. The lowest BCUT2D eigenvalue weighted by Crippen LogP contribution is -2.11. The van der Waals surface area contributed by atoms with Gasteiger partial charge >= 0.3 is 0 Å². The summed E-state index contributed by atoms with van der Waals surface area (Å²) in [6.07, 6.45) is 10.3. The molecule has 5 rings (SSSR count). The van der Waals surface area contributed by atoms with Crippen LogP contribution in [-0.4, -0.2) is 67.4 Å². The number of aromatic hydroxyl groups is 1. The summed E-state index contributed by atoms with van der Waals surface area (Å²) in [5.74, 6) is 1.66. The summed E-state index contributed by atoms with van der Waals surface area (Å²) in [4.78, 5) is 14.8. The number of benzene rings is 1. The van der Waals surface area contributed by atoms with Crippen LogP contribution in [0.5, 0.6) is 17.2 Å². The van der Waals surface area contributed by atoms with Crippen molar-refractivity contribution in [3.05, 3.63) is 53.4 Å². The van der Waals surface area contributed by atoms with E-state index in [1.54, 1.807) is 12.1 Å². The molecule has 1 atom stereocenters. The van der Waals surface area contributed by atoms with Gasteiger partial charge in [0, 0.05) is 30.9 Å². The Hall–Kier alpha value is -3.76. The van der Waals surface area contributed by atoms with Crippen molar-refractivity contribution in [2.45, 2.75) is 51.0 Å². The highest BCUT2D eigenvalue weighted by Gasteiger charge is 2.27. The molecular weight excluding hydrogens is 512 g/mol. The molecule has 1 unspecified atom stereocenters. The highest BCUT2D eigenvalue weighted by molar-refractivity contribution is 6.12. The average Bonchev–Trinajstić information content (AvgIpc) is 3.19. The van der Waals surface area contributed by atoms with Crippen molar-refractivity contribution in [3.63, 3.8) is 0 Å². The molecule has 3 aliphatic heterocycles. The number of phenols is 1. The molecule has 1 aromatic heterocycles. The van der Waals surface area contributed by atoms with Gasteiger partial charge in [0.25, 0.3) is 5.89 Å². The van der Waals surface area contributed by atoms with Crippen molar-refractivity contribution in [1.29, 1.82) is 0 Å². The van der Waals surface area contributed by atoms with Crippen molar-refractivity contribution >= 4 is 11.5 Å². The Bertz CT molecular complexity index is 1320. The lowest BCUT2D eigenvalue weighted by molar-refractivity contribution is 0.134. The number of amidine groups is 1. The molecule has 1 aromatic carbocycles. The topological polar surface area (TPSA) is 121 Å². The normalized spacial score (nSPS) is 21.9. The number of rotatable bonds is 6. The van der Waals surface area contributed by atoms with Gasteiger partial charge in [-0.2, -0.15) is 4.98 Å². The van der Waals surface area contributed by atoms with Crippen molar-refractivity contribution in [1.82, 2.24) is 10.1 Å². The third-order valence-corrected chi connectivity index (χ3v) is 7.15. The Labute approximate surface area is 234 Å². The summed E-state index contributed by atoms with van der Waals surface area (Å²) in [6.45, 7) is 7.32. The lowest BCUT2D eigenvalue weighted by Gasteiger charge is -2.15. The van der Waals surface area contributed by atoms with E-state index in [1.807, 2.05) is 0 Å². The predicted molar refractivity (Wildman–Crippen MR) is 151 cm³/mol. The molecule has 1 fully saturated rings. The van der Waals surface area contributed by atoms with Gasteiger partial charge in [0.2, 0.25) is 11.6 Å². The van der Waals surface area contributed by atoms with Crippen LogP contribution in [0.2, 0.25) is 0 Å². The molecule has 10 heteroatoms. The standard InChI is InChI=1S/C30H36N4O6/c1-19-15-23(21-8-5-12-38-13-6-9-21)31-26(16-20-7-4-11-39-14-10-20)32-27(19)29-33-30(40-34-29)22-17-24(36-2)28(35)25(18-22)37-3/h8,16-18,27,35H,1,4-7,9-15H2,2-3H3/b20-16-,21-8?. The molecule has 0 amide bonds. The molecule has 40 heavy (non-hydrogen) atoms. The maximum Gasteiger partial charge on any atom is 0.258 e. The molecule has 0 saturated carbocycles. The number of phenolic OH excluding ortho intramolecular Hbond substituents is 1. The first kappa shape index (κ1) is 27.8. The smallest absolute Gasteiger partial charge is 0.258 e. The Morgan fingerprint density at radius 1 is 1.00 bits per heavy atom. The third-order valence-electron chi connectivity index (χ3n) is 7.15. The highest BCUT2D eigenvalue weighted by Crippen LogP contribution is 2.40. The Morgan fingerprint density at radius 2 is 1.75 bits per heavy atom. The largest absolute Gasteiger partial charge is 0.502 e. The van der Waals surface area contributed by atoms with Gasteiger partial charge in [-0.25, -0.2) is 4.99 Å². The van der Waals surface area contributed by atoms with Crippen LogP contribution in [0.4, 0.5) is 0 Å². The SMILES string of the molecule is C=C1CC(C2=CCCOCCC2)=NC(/C=C2/CCCOCC2)=NC1c1noc(-c2cc(OC)c(O)c(OC)c2)n1. The zero-order valence-electron chi connectivity index (χ0n) is 23.1. The number of hydrogen-bond donors (Lipinski definition) is 1. The molecular formula is C30H36N4O6. The molecule has 0 bridgehead atoms. The average molecular weight is 549 g/mol. The van der Waals surface area contributed by atoms with E-state index in [0.717, 1.165) is 63.0 Å². The second kappa shape index (κ2) is 13.1. The summed E-state index contributed by atoms with van der Waals surface area (Å²) in [5.41, 5.74) is 4.85. The first-order chi connectivity index (χ1) is 19.6. The first-order valence-electron chi connectivity index (χ1n) is 13.7. The van der Waals surface area contributed by atoms with Crippen molar-refractivity contribution in [3.8, 4) is 28.7 Å². The van der Waals surface area contributed by atoms with E-state index in [1.165, 1.54) is 25.4 Å². The van der Waals surface area contributed by atoms with Crippen LogP contribution in [-0.2, 0) is 9.47 Å². The van der Waals surface area contributed by atoms with Gasteiger partial charge in [-0.15, -0.1) is 0 Å². The monoisotopic (exact) mass is 548 g/mol. The fraction of sp³-hybridized carbons (Fsp3) is 0.467. The number of aromatic nitrogens is 2. The molecule has 1 saturated heterocycles. The van der Waals surface area contributed by atoms with Gasteiger partial charge in [0.05, 0.1) is 27.4 Å². The number of methoxy groups -OCH3 is 2. The second-order valence-corrected chi connectivity index (χ2v) is 9.97. The van der Waals surface area contributed by atoms with Crippen LogP contribution < -0.4 is 9.47 Å².